The van der Waals surface area contributed by atoms with Crippen LogP contribution >= 0.6 is 0 Å². The van der Waals surface area contributed by atoms with Gasteiger partial charge in [-0.25, -0.2) is 0 Å². The minimum atomic E-state index is -1.42. The lowest BCUT2D eigenvalue weighted by Gasteiger charge is -2.68. The highest BCUT2D eigenvalue weighted by atomic mass is 16.6. The average Bonchev–Trinajstić information content (AvgIpc) is 3.00. The molecular weight excluding hydrogens is 524 g/mol. The molecule has 2 bridgehead atoms. The first-order valence-corrected chi connectivity index (χ1v) is 13.9. The van der Waals surface area contributed by atoms with Crippen molar-refractivity contribution in [3.05, 3.63) is 0 Å². The van der Waals surface area contributed by atoms with Gasteiger partial charge in [0.05, 0.1) is 12.0 Å². The van der Waals surface area contributed by atoms with Crippen LogP contribution in [0.5, 0.6) is 0 Å². The van der Waals surface area contributed by atoms with E-state index in [9.17, 15) is 29.1 Å². The molecule has 0 aromatic rings. The largest absolute Gasteiger partial charge is 0.462 e. The third kappa shape index (κ3) is 4.53. The van der Waals surface area contributed by atoms with Crippen molar-refractivity contribution in [2.45, 2.75) is 98.2 Å². The first-order valence-electron chi connectivity index (χ1n) is 13.9. The normalized spacial score (nSPS) is 43.1. The fourth-order valence-corrected chi connectivity index (χ4v) is 9.53. The molecule has 0 saturated heterocycles. The molecule has 0 aliphatic heterocycles. The van der Waals surface area contributed by atoms with Crippen LogP contribution in [0.2, 0.25) is 0 Å². The van der Waals surface area contributed by atoms with Gasteiger partial charge in [-0.05, 0) is 30.6 Å². The number of methoxy groups -OCH3 is 1. The standard InChI is InChI=1S/C29H42O11/c1-13(30)37-19-9-17-10-29(24(34)18(17)12-36-8)22(19)28(7)11-20(38-14(2)31)26(40-16(4)33)27(5,6)23(28)21(25(29)35)39-15(3)32/h17-23,25-26,35H,9-12H2,1-8H3. The molecular formula is C29H42O11. The van der Waals surface area contributed by atoms with Crippen LogP contribution in [-0.4, -0.2) is 79.0 Å². The molecule has 224 valence electrons. The van der Waals surface area contributed by atoms with Gasteiger partial charge in [0, 0.05) is 58.0 Å². The first kappa shape index (κ1) is 30.4. The van der Waals surface area contributed by atoms with Crippen molar-refractivity contribution in [1.29, 1.82) is 0 Å². The summed E-state index contributed by atoms with van der Waals surface area (Å²) in [5, 5.41) is 12.2. The minimum Gasteiger partial charge on any atom is -0.462 e. The Bertz CT molecular complexity index is 1080. The Hall–Kier alpha value is -2.53. The number of carbonyl (C=O) groups excluding carboxylic acids is 5. The van der Waals surface area contributed by atoms with Crippen molar-refractivity contribution >= 4 is 29.7 Å². The molecule has 40 heavy (non-hydrogen) atoms. The van der Waals surface area contributed by atoms with E-state index in [1.807, 2.05) is 20.8 Å². The molecule has 4 saturated carbocycles. The zero-order valence-corrected chi connectivity index (χ0v) is 24.6. The number of Topliss-reactive ketones (excluding diaryl/α,β-unsaturated/α-hetero) is 1. The van der Waals surface area contributed by atoms with E-state index in [4.69, 9.17) is 23.7 Å². The highest BCUT2D eigenvalue weighted by Crippen LogP contribution is 2.72. The van der Waals surface area contributed by atoms with E-state index in [0.29, 0.717) is 12.8 Å². The molecule has 4 aliphatic carbocycles. The lowest BCUT2D eigenvalue weighted by Crippen LogP contribution is -2.75. The maximum absolute atomic E-state index is 14.4. The van der Waals surface area contributed by atoms with Crippen molar-refractivity contribution < 1.29 is 52.8 Å². The summed E-state index contributed by atoms with van der Waals surface area (Å²) >= 11 is 0. The molecule has 4 fully saturated rings. The van der Waals surface area contributed by atoms with Crippen LogP contribution in [0.4, 0.5) is 0 Å². The third-order valence-corrected chi connectivity index (χ3v) is 10.1. The van der Waals surface area contributed by atoms with Gasteiger partial charge in [-0.2, -0.15) is 0 Å². The van der Waals surface area contributed by atoms with Crippen molar-refractivity contribution in [3.63, 3.8) is 0 Å². The van der Waals surface area contributed by atoms with E-state index in [-0.39, 0.29) is 24.7 Å². The molecule has 11 atom stereocenters. The van der Waals surface area contributed by atoms with Gasteiger partial charge in [0.1, 0.15) is 36.3 Å². The van der Waals surface area contributed by atoms with Crippen molar-refractivity contribution in [1.82, 2.24) is 0 Å². The van der Waals surface area contributed by atoms with Gasteiger partial charge < -0.3 is 28.8 Å². The SMILES string of the molecule is COCC1C(=O)C23CC1CC(OC(C)=O)C2C1(C)CC(OC(C)=O)C(OC(C)=O)C(C)(C)C1C(OC(C)=O)C3O. The fraction of sp³-hybridized carbons (Fsp3) is 0.828. The summed E-state index contributed by atoms with van der Waals surface area (Å²) in [5.74, 6) is -4.61. The minimum absolute atomic E-state index is 0.125. The van der Waals surface area contributed by atoms with Crippen LogP contribution in [0.3, 0.4) is 0 Å². The number of fused-ring (bicyclic) bond motifs is 3. The molecule has 0 heterocycles. The quantitative estimate of drug-likeness (QED) is 0.371. The monoisotopic (exact) mass is 566 g/mol. The summed E-state index contributed by atoms with van der Waals surface area (Å²) in [6, 6.07) is 0. The molecule has 1 N–H and O–H groups in total. The third-order valence-electron chi connectivity index (χ3n) is 10.1. The second-order valence-corrected chi connectivity index (χ2v) is 13.0. The number of ketones is 1. The lowest BCUT2D eigenvalue weighted by molar-refractivity contribution is -0.299. The van der Waals surface area contributed by atoms with E-state index in [0.717, 1.165) is 0 Å². The van der Waals surface area contributed by atoms with Gasteiger partial charge in [-0.1, -0.05) is 20.8 Å². The number of aliphatic hydroxyl groups excluding tert-OH is 1. The molecule has 11 unspecified atom stereocenters. The van der Waals surface area contributed by atoms with Crippen molar-refractivity contribution in [2.75, 3.05) is 13.7 Å². The summed E-state index contributed by atoms with van der Waals surface area (Å²) in [7, 11) is 1.51. The summed E-state index contributed by atoms with van der Waals surface area (Å²) in [5.41, 5.74) is -3.39. The topological polar surface area (TPSA) is 152 Å². The number of carbonyl (C=O) groups is 5. The fourth-order valence-electron chi connectivity index (χ4n) is 9.53. The van der Waals surface area contributed by atoms with E-state index >= 15 is 0 Å². The maximum Gasteiger partial charge on any atom is 0.303 e. The molecule has 0 aromatic heterocycles. The van der Waals surface area contributed by atoms with Gasteiger partial charge in [0.25, 0.3) is 0 Å². The molecule has 4 rings (SSSR count). The van der Waals surface area contributed by atoms with Gasteiger partial charge in [-0.15, -0.1) is 0 Å². The van der Waals surface area contributed by atoms with Crippen LogP contribution in [0.1, 0.15) is 67.7 Å². The summed E-state index contributed by atoms with van der Waals surface area (Å²) in [6.07, 6.45) is -4.30. The molecule has 0 aromatic carbocycles. The van der Waals surface area contributed by atoms with Gasteiger partial charge in [0.2, 0.25) is 0 Å². The van der Waals surface area contributed by atoms with E-state index in [2.05, 4.69) is 0 Å². The summed E-state index contributed by atoms with van der Waals surface area (Å²) in [6.45, 7) is 10.8. The molecule has 11 nitrogen and oxygen atoms in total. The van der Waals surface area contributed by atoms with Gasteiger partial charge >= 0.3 is 23.9 Å². The second kappa shape index (κ2) is 10.4. The maximum atomic E-state index is 14.4. The van der Waals surface area contributed by atoms with Crippen LogP contribution in [-0.2, 0) is 47.7 Å². The Balaban J connectivity index is 1.98. The predicted octanol–water partition coefficient (Wildman–Crippen LogP) is 2.00. The zero-order valence-electron chi connectivity index (χ0n) is 24.6. The summed E-state index contributed by atoms with van der Waals surface area (Å²) < 4.78 is 28.7. The Morgan fingerprint density at radius 1 is 0.825 bits per heavy atom. The van der Waals surface area contributed by atoms with Gasteiger partial charge in [-0.3, -0.25) is 24.0 Å². The highest BCUT2D eigenvalue weighted by Gasteiger charge is 2.79. The Morgan fingerprint density at radius 3 is 1.90 bits per heavy atom. The molecule has 4 aliphatic rings. The van der Waals surface area contributed by atoms with Crippen LogP contribution in [0.15, 0.2) is 0 Å². The average molecular weight is 567 g/mol. The van der Waals surface area contributed by atoms with Crippen molar-refractivity contribution in [3.8, 4) is 0 Å². The Morgan fingerprint density at radius 2 is 1.38 bits per heavy atom. The van der Waals surface area contributed by atoms with Crippen LogP contribution in [0.25, 0.3) is 0 Å². The van der Waals surface area contributed by atoms with Crippen LogP contribution < -0.4 is 0 Å². The number of esters is 4. The van der Waals surface area contributed by atoms with E-state index in [1.165, 1.54) is 34.8 Å². The predicted molar refractivity (Wildman–Crippen MR) is 137 cm³/mol. The number of aliphatic hydroxyl groups is 1. The lowest BCUT2D eigenvalue weighted by atomic mass is 9.38. The Kier molecular flexibility index (Phi) is 7.90. The molecule has 1 spiro atoms. The zero-order chi connectivity index (χ0) is 29.9. The smallest absolute Gasteiger partial charge is 0.303 e. The number of hydrogen-bond donors (Lipinski definition) is 1. The van der Waals surface area contributed by atoms with E-state index in [1.54, 1.807) is 0 Å². The highest BCUT2D eigenvalue weighted by molar-refractivity contribution is 5.92. The second-order valence-electron chi connectivity index (χ2n) is 13.0. The van der Waals surface area contributed by atoms with Crippen LogP contribution in [0, 0.1) is 39.9 Å². The number of ether oxygens (including phenoxy) is 5. The molecule has 0 radical (unpaired) electrons. The number of rotatable bonds is 6. The van der Waals surface area contributed by atoms with Gasteiger partial charge in [0.15, 0.2) is 0 Å². The van der Waals surface area contributed by atoms with Crippen molar-refractivity contribution in [2.24, 2.45) is 39.9 Å². The van der Waals surface area contributed by atoms with E-state index < -0.39 is 88.4 Å². The molecule has 11 heteroatoms. The summed E-state index contributed by atoms with van der Waals surface area (Å²) in [4.78, 5) is 63.7. The number of hydrogen-bond acceptors (Lipinski definition) is 11. The molecule has 0 amide bonds. The Labute approximate surface area is 234 Å². The first-order chi connectivity index (χ1) is 18.5.